The molecule has 1 unspecified atom stereocenters. The number of rotatable bonds is 3. The van der Waals surface area contributed by atoms with Gasteiger partial charge < -0.3 is 9.80 Å². The number of anilines is 2. The van der Waals surface area contributed by atoms with Gasteiger partial charge in [-0.25, -0.2) is 9.78 Å². The van der Waals surface area contributed by atoms with Crippen LogP contribution in [-0.4, -0.2) is 46.5 Å². The molecule has 2 aromatic rings. The number of nitrogens with one attached hydrogen (secondary N) is 1. The molecule has 0 saturated carbocycles. The summed E-state index contributed by atoms with van der Waals surface area (Å²) in [5.74, 6) is 1.07. The molecule has 0 aromatic carbocycles. The maximum atomic E-state index is 12.6. The lowest BCUT2D eigenvalue weighted by atomic mass is 10.1. The summed E-state index contributed by atoms with van der Waals surface area (Å²) < 4.78 is 0. The number of hydrogen-bond acceptors (Lipinski definition) is 5. The van der Waals surface area contributed by atoms with E-state index in [1.165, 1.54) is 0 Å². The summed E-state index contributed by atoms with van der Waals surface area (Å²) in [4.78, 5) is 28.8. The van der Waals surface area contributed by atoms with Gasteiger partial charge in [0.15, 0.2) is 0 Å². The number of urea groups is 1. The van der Waals surface area contributed by atoms with Crippen LogP contribution in [0.2, 0.25) is 0 Å². The molecule has 3 rings (SSSR count). The minimum absolute atomic E-state index is 0.0909. The third-order valence-corrected chi connectivity index (χ3v) is 3.88. The number of likely N-dealkylation sites (tertiary alicyclic amines) is 1. The van der Waals surface area contributed by atoms with Crippen molar-refractivity contribution in [1.82, 2.24) is 19.9 Å². The number of carbonyl (C=O) groups is 1. The van der Waals surface area contributed by atoms with Gasteiger partial charge in [0.1, 0.15) is 5.82 Å². The molecule has 1 aliphatic rings. The van der Waals surface area contributed by atoms with E-state index in [1.807, 2.05) is 31.1 Å². The van der Waals surface area contributed by atoms with Crippen LogP contribution in [0.15, 0.2) is 36.8 Å². The first-order valence-corrected chi connectivity index (χ1v) is 7.63. The molecule has 3 heterocycles. The molecule has 1 aliphatic heterocycles. The predicted molar refractivity (Wildman–Crippen MR) is 88.3 cm³/mol. The SMILES string of the molecule is CN(C)c1nccc(NC(=O)N2CCCC2c2ccncc2)n1. The summed E-state index contributed by atoms with van der Waals surface area (Å²) in [6.45, 7) is 0.741. The van der Waals surface area contributed by atoms with E-state index < -0.39 is 0 Å². The average molecular weight is 312 g/mol. The van der Waals surface area contributed by atoms with Crippen molar-refractivity contribution < 1.29 is 4.79 Å². The van der Waals surface area contributed by atoms with Crippen LogP contribution in [0.4, 0.5) is 16.6 Å². The molecule has 2 amide bonds. The topological polar surface area (TPSA) is 74.2 Å². The molecule has 0 radical (unpaired) electrons. The number of hydrogen-bond donors (Lipinski definition) is 1. The lowest BCUT2D eigenvalue weighted by Gasteiger charge is -2.25. The summed E-state index contributed by atoms with van der Waals surface area (Å²) >= 11 is 0. The Morgan fingerprint density at radius 3 is 2.78 bits per heavy atom. The third kappa shape index (κ3) is 3.39. The number of pyridine rings is 1. The Hall–Kier alpha value is -2.70. The van der Waals surface area contributed by atoms with Crippen molar-refractivity contribution in [3.05, 3.63) is 42.4 Å². The summed E-state index contributed by atoms with van der Waals surface area (Å²) in [5, 5.41) is 2.87. The van der Waals surface area contributed by atoms with Crippen LogP contribution >= 0.6 is 0 Å². The normalized spacial score (nSPS) is 17.1. The van der Waals surface area contributed by atoms with Gasteiger partial charge in [-0.2, -0.15) is 4.98 Å². The zero-order chi connectivity index (χ0) is 16.2. The lowest BCUT2D eigenvalue weighted by Crippen LogP contribution is -2.34. The van der Waals surface area contributed by atoms with E-state index in [1.54, 1.807) is 29.6 Å². The largest absolute Gasteiger partial charge is 0.347 e. The molecular weight excluding hydrogens is 292 g/mol. The van der Waals surface area contributed by atoms with E-state index in [0.29, 0.717) is 11.8 Å². The molecule has 0 bridgehead atoms. The second kappa shape index (κ2) is 6.60. The fourth-order valence-corrected chi connectivity index (χ4v) is 2.76. The summed E-state index contributed by atoms with van der Waals surface area (Å²) in [7, 11) is 3.72. The standard InChI is InChI=1S/C16H20N6O/c1-21(2)15-18-10-7-14(19-15)20-16(23)22-11-3-4-13(22)12-5-8-17-9-6-12/h5-10,13H,3-4,11H2,1-2H3,(H,18,19,20,23). The van der Waals surface area contributed by atoms with Crippen molar-refractivity contribution in [1.29, 1.82) is 0 Å². The van der Waals surface area contributed by atoms with E-state index in [4.69, 9.17) is 0 Å². The van der Waals surface area contributed by atoms with E-state index >= 15 is 0 Å². The second-order valence-corrected chi connectivity index (χ2v) is 5.70. The minimum atomic E-state index is -0.132. The van der Waals surface area contributed by atoms with Gasteiger partial charge in [0.25, 0.3) is 0 Å². The Morgan fingerprint density at radius 1 is 1.26 bits per heavy atom. The van der Waals surface area contributed by atoms with Crippen LogP contribution in [0.25, 0.3) is 0 Å². The quantitative estimate of drug-likeness (QED) is 0.941. The number of carbonyl (C=O) groups excluding carboxylic acids is 1. The molecule has 0 aliphatic carbocycles. The van der Waals surface area contributed by atoms with Crippen molar-refractivity contribution in [3.63, 3.8) is 0 Å². The van der Waals surface area contributed by atoms with E-state index in [2.05, 4.69) is 20.3 Å². The number of amides is 2. The van der Waals surface area contributed by atoms with Crippen LogP contribution in [0.1, 0.15) is 24.4 Å². The van der Waals surface area contributed by atoms with Gasteiger partial charge in [-0.05, 0) is 36.6 Å². The van der Waals surface area contributed by atoms with Crippen LogP contribution in [0, 0.1) is 0 Å². The zero-order valence-electron chi connectivity index (χ0n) is 13.3. The molecule has 1 saturated heterocycles. The van der Waals surface area contributed by atoms with Crippen molar-refractivity contribution in [2.75, 3.05) is 30.9 Å². The molecule has 7 heteroatoms. The molecule has 120 valence electrons. The molecule has 23 heavy (non-hydrogen) atoms. The highest BCUT2D eigenvalue weighted by Crippen LogP contribution is 2.31. The lowest BCUT2D eigenvalue weighted by molar-refractivity contribution is 0.207. The maximum absolute atomic E-state index is 12.6. The Balaban J connectivity index is 1.74. The Labute approximate surface area is 135 Å². The van der Waals surface area contributed by atoms with Crippen molar-refractivity contribution >= 4 is 17.8 Å². The molecule has 1 N–H and O–H groups in total. The van der Waals surface area contributed by atoms with E-state index in [-0.39, 0.29) is 12.1 Å². The van der Waals surface area contributed by atoms with Crippen molar-refractivity contribution in [3.8, 4) is 0 Å². The molecule has 1 atom stereocenters. The fourth-order valence-electron chi connectivity index (χ4n) is 2.76. The van der Waals surface area contributed by atoms with Crippen LogP contribution in [-0.2, 0) is 0 Å². The second-order valence-electron chi connectivity index (χ2n) is 5.70. The van der Waals surface area contributed by atoms with Gasteiger partial charge >= 0.3 is 6.03 Å². The summed E-state index contributed by atoms with van der Waals surface area (Å²) in [5.41, 5.74) is 1.12. The van der Waals surface area contributed by atoms with Crippen molar-refractivity contribution in [2.24, 2.45) is 0 Å². The first-order valence-electron chi connectivity index (χ1n) is 7.63. The Kier molecular flexibility index (Phi) is 4.36. The number of nitrogens with zero attached hydrogens (tertiary/aromatic N) is 5. The van der Waals surface area contributed by atoms with Crippen LogP contribution in [0.5, 0.6) is 0 Å². The van der Waals surface area contributed by atoms with Gasteiger partial charge in [0.05, 0.1) is 6.04 Å². The Bertz CT molecular complexity index is 675. The van der Waals surface area contributed by atoms with Gasteiger partial charge in [0.2, 0.25) is 5.95 Å². The predicted octanol–water partition coefficient (Wildman–Crippen LogP) is 2.31. The molecule has 7 nitrogen and oxygen atoms in total. The highest BCUT2D eigenvalue weighted by atomic mass is 16.2. The highest BCUT2D eigenvalue weighted by Gasteiger charge is 2.30. The minimum Gasteiger partial charge on any atom is -0.347 e. The fraction of sp³-hybridized carbons (Fsp3) is 0.375. The first-order chi connectivity index (χ1) is 11.1. The maximum Gasteiger partial charge on any atom is 0.323 e. The van der Waals surface area contributed by atoms with E-state index in [9.17, 15) is 4.79 Å². The van der Waals surface area contributed by atoms with E-state index in [0.717, 1.165) is 24.9 Å². The Morgan fingerprint density at radius 2 is 2.04 bits per heavy atom. The van der Waals surface area contributed by atoms with Gasteiger partial charge in [-0.15, -0.1) is 0 Å². The molecule has 1 fully saturated rings. The van der Waals surface area contributed by atoms with Gasteiger partial charge in [0, 0.05) is 39.2 Å². The summed E-state index contributed by atoms with van der Waals surface area (Å²) in [6.07, 6.45) is 7.12. The van der Waals surface area contributed by atoms with Crippen molar-refractivity contribution in [2.45, 2.75) is 18.9 Å². The molecule has 0 spiro atoms. The van der Waals surface area contributed by atoms with Crippen LogP contribution < -0.4 is 10.2 Å². The summed E-state index contributed by atoms with van der Waals surface area (Å²) in [6, 6.07) is 5.58. The monoisotopic (exact) mass is 312 g/mol. The van der Waals surface area contributed by atoms with Gasteiger partial charge in [-0.3, -0.25) is 10.3 Å². The third-order valence-electron chi connectivity index (χ3n) is 3.88. The van der Waals surface area contributed by atoms with Gasteiger partial charge in [-0.1, -0.05) is 0 Å². The number of aromatic nitrogens is 3. The average Bonchev–Trinajstić information content (AvgIpc) is 3.05. The smallest absolute Gasteiger partial charge is 0.323 e. The zero-order valence-corrected chi connectivity index (χ0v) is 13.3. The molecular formula is C16H20N6O. The van der Waals surface area contributed by atoms with Crippen LogP contribution in [0.3, 0.4) is 0 Å². The first kappa shape index (κ1) is 15.2. The molecule has 2 aromatic heterocycles. The highest BCUT2D eigenvalue weighted by molar-refractivity contribution is 5.88.